The van der Waals surface area contributed by atoms with Gasteiger partial charge in [0.2, 0.25) is 0 Å². The van der Waals surface area contributed by atoms with E-state index >= 15 is 0 Å². The first-order chi connectivity index (χ1) is 9.34. The minimum atomic E-state index is -1.08. The van der Waals surface area contributed by atoms with Crippen molar-refractivity contribution >= 4 is 17.7 Å². The molecular weight excluding hydrogens is 323 g/mol. The molecule has 0 aromatic heterocycles. The number of aromatic hydroxyl groups is 1. The normalized spacial score (nSPS) is 13.4. The van der Waals surface area contributed by atoms with Gasteiger partial charge in [0.1, 0.15) is 5.75 Å². The summed E-state index contributed by atoms with van der Waals surface area (Å²) in [5, 5.41) is 20.9. The summed E-state index contributed by atoms with van der Waals surface area (Å²) in [6.45, 7) is 13.8. The van der Waals surface area contributed by atoms with E-state index in [1.54, 1.807) is 6.92 Å². The van der Waals surface area contributed by atoms with Crippen LogP contribution in [-0.4, -0.2) is 16.3 Å². The second kappa shape index (κ2) is 8.04. The van der Waals surface area contributed by atoms with Crippen molar-refractivity contribution in [2.24, 2.45) is 0 Å². The molecule has 0 spiro atoms. The molecule has 0 aliphatic heterocycles. The van der Waals surface area contributed by atoms with Gasteiger partial charge in [0, 0.05) is 21.3 Å². The average molecular weight is 349 g/mol. The van der Waals surface area contributed by atoms with Crippen molar-refractivity contribution < 1.29 is 66.4 Å². The molecule has 5 heteroatoms. The Bertz CT molecular complexity index is 507. The number of rotatable bonds is 3. The van der Waals surface area contributed by atoms with Crippen LogP contribution in [0.1, 0.15) is 59.6 Å². The van der Waals surface area contributed by atoms with Gasteiger partial charge in [0.25, 0.3) is 0 Å². The minimum absolute atomic E-state index is 0. The maximum absolute atomic E-state index is 11.0. The molecule has 0 amide bonds. The van der Waals surface area contributed by atoms with Gasteiger partial charge < -0.3 is 15.0 Å². The number of hydrogen-bond donors (Lipinski definition) is 1. The van der Waals surface area contributed by atoms with Crippen LogP contribution in [-0.2, 0) is 15.6 Å². The van der Waals surface area contributed by atoms with Gasteiger partial charge in [-0.05, 0) is 29.9 Å². The standard InChI is InChI=1S/C17H26O3S.K/c1-10(15(19)20)21-11-8-12(16(2,3)4)14(18)13(9-11)17(5,6)7;/h8-10,18H,1-7H3,(H,19,20);/q;+1/p-1. The number of carbonyl (C=O) groups is 1. The Kier molecular flexibility index (Phi) is 8.21. The molecule has 0 saturated carbocycles. The largest absolute Gasteiger partial charge is 1.00 e. The SMILES string of the molecule is CC(Sc1cc(C(C)(C)C)c(O)c(C(C)(C)C)c1)C(=O)[O-].[K+]. The second-order valence-corrected chi connectivity index (χ2v) is 8.86. The van der Waals surface area contributed by atoms with Crippen molar-refractivity contribution in [1.29, 1.82) is 0 Å². The summed E-state index contributed by atoms with van der Waals surface area (Å²) in [6, 6.07) is 3.77. The summed E-state index contributed by atoms with van der Waals surface area (Å²) in [4.78, 5) is 11.8. The molecule has 0 radical (unpaired) electrons. The van der Waals surface area contributed by atoms with Crippen LogP contribution in [0, 0.1) is 0 Å². The van der Waals surface area contributed by atoms with Gasteiger partial charge in [-0.25, -0.2) is 0 Å². The van der Waals surface area contributed by atoms with Gasteiger partial charge in [0.15, 0.2) is 0 Å². The van der Waals surface area contributed by atoms with Gasteiger partial charge in [-0.15, -0.1) is 11.8 Å². The van der Waals surface area contributed by atoms with Gasteiger partial charge >= 0.3 is 51.4 Å². The Hall–Kier alpha value is 0.476. The molecule has 1 aromatic rings. The van der Waals surface area contributed by atoms with E-state index in [1.807, 2.05) is 53.7 Å². The molecule has 0 aliphatic rings. The monoisotopic (exact) mass is 348 g/mol. The third-order valence-corrected chi connectivity index (χ3v) is 4.40. The number of benzene rings is 1. The first-order valence-electron chi connectivity index (χ1n) is 7.09. The Morgan fingerprint density at radius 3 is 1.73 bits per heavy atom. The Morgan fingerprint density at radius 2 is 1.45 bits per heavy atom. The van der Waals surface area contributed by atoms with Gasteiger partial charge in [-0.1, -0.05) is 41.5 Å². The summed E-state index contributed by atoms with van der Waals surface area (Å²) in [6.07, 6.45) is 0. The molecule has 1 atom stereocenters. The van der Waals surface area contributed by atoms with Crippen LogP contribution < -0.4 is 56.5 Å². The van der Waals surface area contributed by atoms with Crippen LogP contribution in [0.2, 0.25) is 0 Å². The van der Waals surface area contributed by atoms with Crippen LogP contribution >= 0.6 is 11.8 Å². The first kappa shape index (κ1) is 22.5. The predicted molar refractivity (Wildman–Crippen MR) is 85.8 cm³/mol. The molecule has 1 N–H and O–H groups in total. The van der Waals surface area contributed by atoms with Crippen LogP contribution in [0.3, 0.4) is 0 Å². The fourth-order valence-corrected chi connectivity index (χ4v) is 2.95. The number of carbonyl (C=O) groups excluding carboxylic acids is 1. The van der Waals surface area contributed by atoms with Crippen LogP contribution in [0.25, 0.3) is 0 Å². The quantitative estimate of drug-likeness (QED) is 0.627. The number of hydrogen-bond acceptors (Lipinski definition) is 4. The molecule has 1 unspecified atom stereocenters. The Morgan fingerprint density at radius 1 is 1.09 bits per heavy atom. The Labute approximate surface area is 180 Å². The van der Waals surface area contributed by atoms with Crippen LogP contribution in [0.4, 0.5) is 0 Å². The first-order valence-corrected chi connectivity index (χ1v) is 7.97. The maximum Gasteiger partial charge on any atom is 1.00 e. The third kappa shape index (κ3) is 5.84. The number of thioether (sulfide) groups is 1. The maximum atomic E-state index is 11.0. The smallest absolute Gasteiger partial charge is 0.549 e. The van der Waals surface area contributed by atoms with E-state index in [0.717, 1.165) is 16.0 Å². The van der Waals surface area contributed by atoms with Crippen molar-refractivity contribution in [3.05, 3.63) is 23.3 Å². The van der Waals surface area contributed by atoms with Crippen molar-refractivity contribution in [1.82, 2.24) is 0 Å². The number of carboxylic acid groups (broad SMARTS) is 1. The predicted octanol–water partition coefficient (Wildman–Crippen LogP) is 0.222. The number of phenolic OH excluding ortho intramolecular Hbond substituents is 1. The van der Waals surface area contributed by atoms with E-state index in [2.05, 4.69) is 0 Å². The second-order valence-electron chi connectivity index (χ2n) is 7.45. The summed E-state index contributed by atoms with van der Waals surface area (Å²) >= 11 is 1.25. The number of aliphatic carboxylic acids is 1. The van der Waals surface area contributed by atoms with Gasteiger partial charge in [-0.3, -0.25) is 0 Å². The van der Waals surface area contributed by atoms with E-state index in [9.17, 15) is 15.0 Å². The molecule has 22 heavy (non-hydrogen) atoms. The summed E-state index contributed by atoms with van der Waals surface area (Å²) in [7, 11) is 0. The van der Waals surface area contributed by atoms with E-state index < -0.39 is 11.2 Å². The summed E-state index contributed by atoms with van der Waals surface area (Å²) < 4.78 is 0. The van der Waals surface area contributed by atoms with E-state index in [1.165, 1.54) is 11.8 Å². The van der Waals surface area contributed by atoms with Gasteiger partial charge in [-0.2, -0.15) is 0 Å². The Balaban J connectivity index is 0.00000441. The molecule has 118 valence electrons. The molecule has 0 saturated heterocycles. The molecule has 1 rings (SSSR count). The van der Waals surface area contributed by atoms with Crippen molar-refractivity contribution in [2.75, 3.05) is 0 Å². The van der Waals surface area contributed by atoms with Gasteiger partial charge in [0.05, 0.1) is 5.97 Å². The van der Waals surface area contributed by atoms with Crippen molar-refractivity contribution in [2.45, 2.75) is 69.4 Å². The fraction of sp³-hybridized carbons (Fsp3) is 0.588. The zero-order valence-corrected chi connectivity index (χ0v) is 18.8. The van der Waals surface area contributed by atoms with Crippen molar-refractivity contribution in [3.63, 3.8) is 0 Å². The molecule has 3 nitrogen and oxygen atoms in total. The molecule has 0 heterocycles. The zero-order chi connectivity index (χ0) is 16.6. The zero-order valence-electron chi connectivity index (χ0n) is 14.9. The van der Waals surface area contributed by atoms with Crippen molar-refractivity contribution in [3.8, 4) is 5.75 Å². The van der Waals surface area contributed by atoms with E-state index in [0.29, 0.717) is 5.75 Å². The van der Waals surface area contributed by atoms with Crippen LogP contribution in [0.5, 0.6) is 5.75 Å². The number of phenols is 1. The summed E-state index contributed by atoms with van der Waals surface area (Å²) in [5.74, 6) is -0.775. The molecule has 0 aliphatic carbocycles. The fourth-order valence-electron chi connectivity index (χ4n) is 2.07. The topological polar surface area (TPSA) is 60.4 Å². The average Bonchev–Trinajstić information content (AvgIpc) is 2.27. The van der Waals surface area contributed by atoms with E-state index in [4.69, 9.17) is 0 Å². The number of carboxylic acids is 1. The molecular formula is C17H25KO3S. The molecule has 1 aromatic carbocycles. The molecule has 0 bridgehead atoms. The minimum Gasteiger partial charge on any atom is -0.549 e. The van der Waals surface area contributed by atoms with Crippen LogP contribution in [0.15, 0.2) is 17.0 Å². The van der Waals surface area contributed by atoms with E-state index in [-0.39, 0.29) is 62.2 Å². The summed E-state index contributed by atoms with van der Waals surface area (Å²) in [5.41, 5.74) is 1.24. The molecule has 0 fully saturated rings. The third-order valence-electron chi connectivity index (χ3n) is 3.34.